The van der Waals surface area contributed by atoms with Gasteiger partial charge in [0, 0.05) is 6.61 Å². The van der Waals surface area contributed by atoms with Crippen molar-refractivity contribution in [2.75, 3.05) is 26.8 Å². The van der Waals surface area contributed by atoms with E-state index in [-0.39, 0.29) is 5.54 Å². The van der Waals surface area contributed by atoms with Gasteiger partial charge in [-0.3, -0.25) is 4.79 Å². The third-order valence-electron chi connectivity index (χ3n) is 2.57. The van der Waals surface area contributed by atoms with Crippen LogP contribution in [0.1, 0.15) is 33.1 Å². The first-order chi connectivity index (χ1) is 7.18. The van der Waals surface area contributed by atoms with Crippen LogP contribution in [0, 0.1) is 0 Å². The Kier molecular flexibility index (Phi) is 8.33. The molecule has 0 heterocycles. The number of ether oxygens (including phenoxy) is 1. The first kappa shape index (κ1) is 14.4. The van der Waals surface area contributed by atoms with Crippen LogP contribution in [0.5, 0.6) is 0 Å². The molecule has 0 bridgehead atoms. The molecule has 0 spiro atoms. The molecule has 0 aliphatic heterocycles. The van der Waals surface area contributed by atoms with Crippen molar-refractivity contribution in [1.82, 2.24) is 10.6 Å². The topological polar surface area (TPSA) is 50.4 Å². The lowest BCUT2D eigenvalue weighted by Gasteiger charge is -2.27. The molecular formula is C11H24N2O2. The van der Waals surface area contributed by atoms with E-state index in [2.05, 4.69) is 10.6 Å². The summed E-state index contributed by atoms with van der Waals surface area (Å²) >= 11 is 0. The van der Waals surface area contributed by atoms with Gasteiger partial charge in [-0.25, -0.2) is 0 Å². The molecule has 4 nitrogen and oxygen atoms in total. The van der Waals surface area contributed by atoms with Crippen molar-refractivity contribution in [2.24, 2.45) is 0 Å². The van der Waals surface area contributed by atoms with E-state index in [1.807, 2.05) is 20.9 Å². The van der Waals surface area contributed by atoms with Crippen LogP contribution in [-0.4, -0.2) is 38.8 Å². The monoisotopic (exact) mass is 216 g/mol. The summed E-state index contributed by atoms with van der Waals surface area (Å²) in [6.45, 7) is 6.41. The highest BCUT2D eigenvalue weighted by atomic mass is 16.5. The van der Waals surface area contributed by atoms with Crippen molar-refractivity contribution in [2.45, 2.75) is 38.6 Å². The quantitative estimate of drug-likeness (QED) is 0.422. The van der Waals surface area contributed by atoms with Crippen molar-refractivity contribution in [1.29, 1.82) is 0 Å². The zero-order valence-electron chi connectivity index (χ0n) is 10.1. The summed E-state index contributed by atoms with van der Waals surface area (Å²) in [4.78, 5) is 10.4. The number of amides is 1. The highest BCUT2D eigenvalue weighted by Crippen LogP contribution is 2.08. The summed E-state index contributed by atoms with van der Waals surface area (Å²) in [7, 11) is 1.95. The fourth-order valence-electron chi connectivity index (χ4n) is 1.19. The van der Waals surface area contributed by atoms with Crippen LogP contribution in [0.3, 0.4) is 0 Å². The smallest absolute Gasteiger partial charge is 0.207 e. The third-order valence-corrected chi connectivity index (χ3v) is 2.57. The number of hydrogen-bond acceptors (Lipinski definition) is 3. The van der Waals surface area contributed by atoms with Gasteiger partial charge in [0.25, 0.3) is 0 Å². The number of nitrogens with one attached hydrogen (secondary N) is 2. The minimum Gasteiger partial charge on any atom is -0.379 e. The van der Waals surface area contributed by atoms with Gasteiger partial charge in [0.05, 0.1) is 12.1 Å². The van der Waals surface area contributed by atoms with Crippen LogP contribution in [0.2, 0.25) is 0 Å². The second kappa shape index (κ2) is 8.68. The fraction of sp³-hybridized carbons (Fsp3) is 0.909. The number of carbonyl (C=O) groups excluding carboxylic acids is 1. The fourth-order valence-corrected chi connectivity index (χ4v) is 1.19. The molecule has 0 aromatic rings. The van der Waals surface area contributed by atoms with Crippen molar-refractivity contribution in [3.63, 3.8) is 0 Å². The lowest BCUT2D eigenvalue weighted by molar-refractivity contribution is -0.111. The molecule has 0 aliphatic rings. The molecule has 0 radical (unpaired) electrons. The Morgan fingerprint density at radius 1 is 1.40 bits per heavy atom. The minimum absolute atomic E-state index is 0.218. The van der Waals surface area contributed by atoms with E-state index in [4.69, 9.17) is 4.74 Å². The number of rotatable bonds is 10. The average molecular weight is 216 g/mol. The molecule has 0 fully saturated rings. The van der Waals surface area contributed by atoms with Crippen LogP contribution in [0.25, 0.3) is 0 Å². The van der Waals surface area contributed by atoms with Crippen LogP contribution < -0.4 is 10.6 Å². The van der Waals surface area contributed by atoms with Crippen LogP contribution in [-0.2, 0) is 9.53 Å². The lowest BCUT2D eigenvalue weighted by atomic mass is 10.0. The van der Waals surface area contributed by atoms with Crippen LogP contribution in [0.4, 0.5) is 0 Å². The van der Waals surface area contributed by atoms with Crippen molar-refractivity contribution in [3.05, 3.63) is 0 Å². The van der Waals surface area contributed by atoms with E-state index in [1.54, 1.807) is 0 Å². The molecule has 15 heavy (non-hydrogen) atoms. The van der Waals surface area contributed by atoms with Gasteiger partial charge < -0.3 is 15.4 Å². The van der Waals surface area contributed by atoms with Gasteiger partial charge in [-0.05, 0) is 39.8 Å². The summed E-state index contributed by atoms with van der Waals surface area (Å²) in [6.07, 6.45) is 3.80. The molecule has 0 rings (SSSR count). The van der Waals surface area contributed by atoms with Gasteiger partial charge in [0.1, 0.15) is 0 Å². The maximum atomic E-state index is 10.4. The maximum absolute atomic E-state index is 10.4. The normalized spacial score (nSPS) is 14.6. The molecule has 2 N–H and O–H groups in total. The van der Waals surface area contributed by atoms with Gasteiger partial charge in [-0.1, -0.05) is 6.92 Å². The van der Waals surface area contributed by atoms with Gasteiger partial charge in [0.2, 0.25) is 6.41 Å². The van der Waals surface area contributed by atoms with Gasteiger partial charge in [-0.15, -0.1) is 0 Å². The Balaban J connectivity index is 3.50. The van der Waals surface area contributed by atoms with Crippen LogP contribution in [0.15, 0.2) is 0 Å². The first-order valence-electron chi connectivity index (χ1n) is 5.62. The van der Waals surface area contributed by atoms with Crippen molar-refractivity contribution in [3.8, 4) is 0 Å². The van der Waals surface area contributed by atoms with E-state index in [9.17, 15) is 4.79 Å². The second-order valence-electron chi connectivity index (χ2n) is 4.04. The molecule has 1 unspecified atom stereocenters. The van der Waals surface area contributed by atoms with E-state index >= 15 is 0 Å². The second-order valence-corrected chi connectivity index (χ2v) is 4.04. The number of hydrogen-bond donors (Lipinski definition) is 2. The highest BCUT2D eigenvalue weighted by molar-refractivity contribution is 5.47. The van der Waals surface area contributed by atoms with E-state index in [0.29, 0.717) is 6.61 Å². The molecule has 0 saturated heterocycles. The number of carbonyl (C=O) groups is 1. The largest absolute Gasteiger partial charge is 0.379 e. The standard InChI is InChI=1S/C11H24N2O2/c1-4-11(2,13-10-14)9-15-8-6-5-7-12-3/h10,12H,4-9H2,1-3H3,(H,13,14). The van der Waals surface area contributed by atoms with E-state index in [1.165, 1.54) is 0 Å². The lowest BCUT2D eigenvalue weighted by Crippen LogP contribution is -2.45. The Morgan fingerprint density at radius 2 is 2.13 bits per heavy atom. The number of unbranched alkanes of at least 4 members (excludes halogenated alkanes) is 1. The minimum atomic E-state index is -0.218. The third kappa shape index (κ3) is 7.33. The summed E-state index contributed by atoms with van der Waals surface area (Å²) < 4.78 is 5.54. The van der Waals surface area contributed by atoms with Gasteiger partial charge in [-0.2, -0.15) is 0 Å². The Bertz CT molecular complexity index is 165. The van der Waals surface area contributed by atoms with Gasteiger partial charge >= 0.3 is 0 Å². The molecular weight excluding hydrogens is 192 g/mol. The summed E-state index contributed by atoms with van der Waals surface area (Å²) in [6, 6.07) is 0. The Labute approximate surface area is 92.8 Å². The van der Waals surface area contributed by atoms with E-state index in [0.717, 1.165) is 38.8 Å². The highest BCUT2D eigenvalue weighted by Gasteiger charge is 2.20. The van der Waals surface area contributed by atoms with Gasteiger partial charge in [0.15, 0.2) is 0 Å². The molecule has 0 aromatic heterocycles. The molecule has 0 aromatic carbocycles. The molecule has 0 saturated carbocycles. The summed E-state index contributed by atoms with van der Waals surface area (Å²) in [5, 5.41) is 5.88. The zero-order valence-corrected chi connectivity index (χ0v) is 10.1. The van der Waals surface area contributed by atoms with E-state index < -0.39 is 0 Å². The summed E-state index contributed by atoms with van der Waals surface area (Å²) in [5.74, 6) is 0. The molecule has 1 atom stereocenters. The Morgan fingerprint density at radius 3 is 2.67 bits per heavy atom. The summed E-state index contributed by atoms with van der Waals surface area (Å²) in [5.41, 5.74) is -0.218. The average Bonchev–Trinajstić information content (AvgIpc) is 2.24. The van der Waals surface area contributed by atoms with Crippen molar-refractivity contribution < 1.29 is 9.53 Å². The Hall–Kier alpha value is -0.610. The SMILES string of the molecule is CCC(C)(COCCCCNC)NC=O. The maximum Gasteiger partial charge on any atom is 0.207 e. The molecule has 1 amide bonds. The predicted molar refractivity (Wildman–Crippen MR) is 61.9 cm³/mol. The molecule has 90 valence electrons. The molecule has 0 aliphatic carbocycles. The zero-order chi connectivity index (χ0) is 11.6. The first-order valence-corrected chi connectivity index (χ1v) is 5.62. The van der Waals surface area contributed by atoms with Crippen LogP contribution >= 0.6 is 0 Å². The van der Waals surface area contributed by atoms with Crippen molar-refractivity contribution >= 4 is 6.41 Å². The molecule has 4 heteroatoms. The predicted octanol–water partition coefficient (Wildman–Crippen LogP) is 0.917.